The van der Waals surface area contributed by atoms with Gasteiger partial charge in [0.15, 0.2) is 5.16 Å². The smallest absolute Gasteiger partial charge is 0.333 e. The van der Waals surface area contributed by atoms with Crippen molar-refractivity contribution in [3.8, 4) is 0 Å². The standard InChI is InChI=1S/C17H22N4O3S2/c1-2-24-15(23)9-14-20(13(22)10-26-14)7-8-25-17-19-18-16(11-3-4-11)21(17)12-5-6-12/h9,11-12H,2-8,10H2,1H3/b14-9-. The fraction of sp³-hybridized carbons (Fsp3) is 0.647. The number of hydrogen-bond acceptors (Lipinski definition) is 7. The molecule has 0 atom stereocenters. The Morgan fingerprint density at radius 2 is 2.15 bits per heavy atom. The lowest BCUT2D eigenvalue weighted by atomic mass is 10.4. The normalized spacial score (nSPS) is 21.7. The van der Waals surface area contributed by atoms with E-state index in [1.54, 1.807) is 23.6 Å². The number of nitrogens with zero attached hydrogens (tertiary/aromatic N) is 4. The van der Waals surface area contributed by atoms with Crippen LogP contribution in [-0.2, 0) is 14.3 Å². The minimum absolute atomic E-state index is 0.0356. The minimum atomic E-state index is -0.398. The summed E-state index contributed by atoms with van der Waals surface area (Å²) in [6, 6.07) is 0.561. The largest absolute Gasteiger partial charge is 0.463 e. The molecule has 2 saturated carbocycles. The summed E-state index contributed by atoms with van der Waals surface area (Å²) in [5, 5.41) is 10.4. The number of carbonyl (C=O) groups is 2. The number of carbonyl (C=O) groups excluding carboxylic acids is 2. The summed E-state index contributed by atoms with van der Waals surface area (Å²) in [5.41, 5.74) is 0. The summed E-state index contributed by atoms with van der Waals surface area (Å²) in [5.74, 6) is 2.47. The molecule has 1 aliphatic heterocycles. The molecule has 26 heavy (non-hydrogen) atoms. The van der Waals surface area contributed by atoms with Crippen LogP contribution in [-0.4, -0.2) is 56.2 Å². The Kier molecular flexibility index (Phi) is 5.26. The molecule has 0 bridgehead atoms. The summed E-state index contributed by atoms with van der Waals surface area (Å²) in [7, 11) is 0. The van der Waals surface area contributed by atoms with Crippen molar-refractivity contribution < 1.29 is 14.3 Å². The number of esters is 1. The van der Waals surface area contributed by atoms with Crippen molar-refractivity contribution in [2.45, 2.75) is 49.7 Å². The van der Waals surface area contributed by atoms with E-state index in [0.29, 0.717) is 35.9 Å². The molecule has 1 amide bonds. The topological polar surface area (TPSA) is 77.3 Å². The molecule has 1 saturated heterocycles. The van der Waals surface area contributed by atoms with Gasteiger partial charge >= 0.3 is 5.97 Å². The third-order valence-corrected chi connectivity index (χ3v) is 6.48. The summed E-state index contributed by atoms with van der Waals surface area (Å²) in [4.78, 5) is 25.5. The van der Waals surface area contributed by atoms with Crippen LogP contribution in [0.4, 0.5) is 0 Å². The molecule has 0 spiro atoms. The van der Waals surface area contributed by atoms with Gasteiger partial charge in [-0.3, -0.25) is 4.79 Å². The molecule has 3 aliphatic rings. The zero-order valence-electron chi connectivity index (χ0n) is 14.7. The summed E-state index contributed by atoms with van der Waals surface area (Å²) < 4.78 is 7.27. The quantitative estimate of drug-likeness (QED) is 0.381. The van der Waals surface area contributed by atoms with Crippen LogP contribution in [0.1, 0.15) is 50.4 Å². The Balaban J connectivity index is 1.38. The molecule has 4 rings (SSSR count). The Labute approximate surface area is 160 Å². The van der Waals surface area contributed by atoms with E-state index in [1.807, 2.05) is 0 Å². The predicted octanol–water partition coefficient (Wildman–Crippen LogP) is 2.56. The maximum absolute atomic E-state index is 12.1. The summed E-state index contributed by atoms with van der Waals surface area (Å²) >= 11 is 3.03. The van der Waals surface area contributed by atoms with Crippen LogP contribution >= 0.6 is 23.5 Å². The van der Waals surface area contributed by atoms with E-state index in [1.165, 1.54) is 43.5 Å². The van der Waals surface area contributed by atoms with E-state index in [2.05, 4.69) is 14.8 Å². The van der Waals surface area contributed by atoms with Gasteiger partial charge in [0, 0.05) is 24.3 Å². The average Bonchev–Trinajstić information content (AvgIpc) is 3.54. The van der Waals surface area contributed by atoms with Gasteiger partial charge in [0.1, 0.15) is 5.82 Å². The van der Waals surface area contributed by atoms with E-state index in [0.717, 1.165) is 16.7 Å². The molecule has 3 fully saturated rings. The highest BCUT2D eigenvalue weighted by molar-refractivity contribution is 8.04. The Bertz CT molecular complexity index is 740. The van der Waals surface area contributed by atoms with Crippen molar-refractivity contribution >= 4 is 35.4 Å². The molecular formula is C17H22N4O3S2. The molecule has 1 aromatic heterocycles. The fourth-order valence-electron chi connectivity index (χ4n) is 2.96. The van der Waals surface area contributed by atoms with Gasteiger partial charge in [0.05, 0.1) is 23.5 Å². The second-order valence-corrected chi connectivity index (χ2v) is 8.69. The zero-order valence-corrected chi connectivity index (χ0v) is 16.4. The molecule has 140 valence electrons. The monoisotopic (exact) mass is 394 g/mol. The van der Waals surface area contributed by atoms with Gasteiger partial charge in [0.2, 0.25) is 5.91 Å². The van der Waals surface area contributed by atoms with Crippen LogP contribution in [0.3, 0.4) is 0 Å². The lowest BCUT2D eigenvalue weighted by Gasteiger charge is -2.16. The van der Waals surface area contributed by atoms with E-state index in [9.17, 15) is 9.59 Å². The van der Waals surface area contributed by atoms with Crippen molar-refractivity contribution in [3.05, 3.63) is 16.9 Å². The number of amides is 1. The van der Waals surface area contributed by atoms with Gasteiger partial charge in [-0.15, -0.1) is 10.2 Å². The molecule has 2 heterocycles. The highest BCUT2D eigenvalue weighted by atomic mass is 32.2. The maximum atomic E-state index is 12.1. The average molecular weight is 395 g/mol. The Hall–Kier alpha value is -1.48. The van der Waals surface area contributed by atoms with Gasteiger partial charge in [-0.1, -0.05) is 23.5 Å². The van der Waals surface area contributed by atoms with Crippen molar-refractivity contribution in [1.29, 1.82) is 0 Å². The first-order valence-corrected chi connectivity index (χ1v) is 11.0. The Morgan fingerprint density at radius 1 is 1.35 bits per heavy atom. The van der Waals surface area contributed by atoms with Crippen LogP contribution in [0.25, 0.3) is 0 Å². The van der Waals surface area contributed by atoms with Gasteiger partial charge in [-0.25, -0.2) is 4.79 Å². The first-order chi connectivity index (χ1) is 12.7. The van der Waals surface area contributed by atoms with Crippen LogP contribution < -0.4 is 0 Å². The van der Waals surface area contributed by atoms with Crippen molar-refractivity contribution in [3.63, 3.8) is 0 Å². The highest BCUT2D eigenvalue weighted by Crippen LogP contribution is 2.46. The van der Waals surface area contributed by atoms with Crippen LogP contribution in [0.2, 0.25) is 0 Å². The molecule has 0 N–H and O–H groups in total. The van der Waals surface area contributed by atoms with E-state index in [4.69, 9.17) is 4.74 Å². The number of ether oxygens (including phenoxy) is 1. The molecule has 0 aromatic carbocycles. The first-order valence-electron chi connectivity index (χ1n) is 9.06. The molecule has 9 heteroatoms. The molecule has 0 unspecified atom stereocenters. The molecular weight excluding hydrogens is 372 g/mol. The third kappa shape index (κ3) is 3.93. The second kappa shape index (κ2) is 7.64. The second-order valence-electron chi connectivity index (χ2n) is 6.63. The third-order valence-electron chi connectivity index (χ3n) is 4.53. The van der Waals surface area contributed by atoms with Crippen molar-refractivity contribution in [2.75, 3.05) is 24.7 Å². The van der Waals surface area contributed by atoms with E-state index < -0.39 is 5.97 Å². The first kappa shape index (κ1) is 17.9. The maximum Gasteiger partial charge on any atom is 0.333 e. The van der Waals surface area contributed by atoms with Crippen LogP contribution in [0.15, 0.2) is 16.3 Å². The molecule has 0 radical (unpaired) electrons. The lowest BCUT2D eigenvalue weighted by Crippen LogP contribution is -2.27. The van der Waals surface area contributed by atoms with Crippen LogP contribution in [0, 0.1) is 0 Å². The van der Waals surface area contributed by atoms with E-state index in [-0.39, 0.29) is 5.91 Å². The number of thioether (sulfide) groups is 2. The number of rotatable bonds is 8. The minimum Gasteiger partial charge on any atom is -0.463 e. The number of aromatic nitrogens is 3. The highest BCUT2D eigenvalue weighted by Gasteiger charge is 2.36. The lowest BCUT2D eigenvalue weighted by molar-refractivity contribution is -0.137. The van der Waals surface area contributed by atoms with Crippen molar-refractivity contribution in [1.82, 2.24) is 19.7 Å². The Morgan fingerprint density at radius 3 is 2.85 bits per heavy atom. The molecule has 2 aliphatic carbocycles. The summed E-state index contributed by atoms with van der Waals surface area (Å²) in [6.45, 7) is 2.65. The predicted molar refractivity (Wildman–Crippen MR) is 99.9 cm³/mol. The van der Waals surface area contributed by atoms with Gasteiger partial charge in [0.25, 0.3) is 0 Å². The van der Waals surface area contributed by atoms with E-state index >= 15 is 0 Å². The van der Waals surface area contributed by atoms with Gasteiger partial charge < -0.3 is 14.2 Å². The number of hydrogen-bond donors (Lipinski definition) is 0. The van der Waals surface area contributed by atoms with Gasteiger partial charge in [-0.05, 0) is 32.6 Å². The fourth-order valence-corrected chi connectivity index (χ4v) is 4.86. The molecule has 1 aromatic rings. The van der Waals surface area contributed by atoms with Crippen molar-refractivity contribution in [2.24, 2.45) is 0 Å². The van der Waals surface area contributed by atoms with Gasteiger partial charge in [-0.2, -0.15) is 0 Å². The molecule has 7 nitrogen and oxygen atoms in total. The van der Waals surface area contributed by atoms with Crippen LogP contribution in [0.5, 0.6) is 0 Å². The SMILES string of the molecule is CCOC(=O)/C=C1\SCC(=O)N1CCSc1nnc(C2CC2)n1C1CC1. The zero-order chi connectivity index (χ0) is 18.1. The summed E-state index contributed by atoms with van der Waals surface area (Å²) in [6.07, 6.45) is 6.27.